The second-order valence-corrected chi connectivity index (χ2v) is 3.88. The number of rotatable bonds is 3. The Hall–Kier alpha value is -3.14. The summed E-state index contributed by atoms with van der Waals surface area (Å²) in [5.41, 5.74) is 1.05. The molecule has 6 nitrogen and oxygen atoms in total. The number of carbonyl (C=O) groups is 1. The van der Waals surface area contributed by atoms with Crippen LogP contribution in [0.4, 0.5) is 0 Å². The van der Waals surface area contributed by atoms with Gasteiger partial charge in [0.15, 0.2) is 0 Å². The van der Waals surface area contributed by atoms with Crippen LogP contribution in [0.3, 0.4) is 0 Å². The second-order valence-electron chi connectivity index (χ2n) is 3.88. The van der Waals surface area contributed by atoms with E-state index in [1.807, 2.05) is 51.2 Å². The van der Waals surface area contributed by atoms with Gasteiger partial charge in [0.2, 0.25) is 0 Å². The van der Waals surface area contributed by atoms with Crippen LogP contribution in [0.1, 0.15) is 34.1 Å². The average molecular weight is 392 g/mol. The molecular formula is C22H37N3O3. The molecule has 0 radical (unpaired) electrons. The SMILES string of the molecule is C=C.C=CC=CC.CC=CC1=NOCC1.CC=CC=O.NO.[CH2-][N+]#CC=CC. The molecular weight excluding hydrogens is 354 g/mol. The monoisotopic (exact) mass is 391 g/mol. The van der Waals surface area contributed by atoms with Crippen molar-refractivity contribution in [1.29, 1.82) is 0 Å². The van der Waals surface area contributed by atoms with Crippen molar-refractivity contribution < 1.29 is 14.8 Å². The van der Waals surface area contributed by atoms with E-state index in [2.05, 4.69) is 48.8 Å². The van der Waals surface area contributed by atoms with Gasteiger partial charge in [-0.2, -0.15) is 0 Å². The van der Waals surface area contributed by atoms with Gasteiger partial charge in [-0.1, -0.05) is 48.2 Å². The van der Waals surface area contributed by atoms with E-state index in [-0.39, 0.29) is 0 Å². The van der Waals surface area contributed by atoms with E-state index >= 15 is 0 Å². The van der Waals surface area contributed by atoms with Crippen molar-refractivity contribution in [3.63, 3.8) is 0 Å². The van der Waals surface area contributed by atoms with E-state index in [4.69, 9.17) is 10.0 Å². The second kappa shape index (κ2) is 49.6. The smallest absolute Gasteiger partial charge is 0.142 e. The Balaban J connectivity index is -0.0000000807. The van der Waals surface area contributed by atoms with E-state index in [1.165, 1.54) is 6.08 Å². The Bertz CT molecular complexity index is 493. The van der Waals surface area contributed by atoms with Gasteiger partial charge in [-0.15, -0.1) is 13.2 Å². The average Bonchev–Trinajstić information content (AvgIpc) is 3.26. The van der Waals surface area contributed by atoms with Crippen LogP contribution in [0.25, 0.3) is 4.85 Å². The van der Waals surface area contributed by atoms with Gasteiger partial charge in [-0.05, 0) is 45.9 Å². The first-order valence-electron chi connectivity index (χ1n) is 8.38. The first kappa shape index (κ1) is 35.9. The molecule has 0 unspecified atom stereocenters. The third-order valence-corrected chi connectivity index (χ3v) is 1.92. The summed E-state index contributed by atoms with van der Waals surface area (Å²) in [4.78, 5) is 17.4. The topological polar surface area (TPSA) is 89.3 Å². The molecule has 1 heterocycles. The number of nitrogens with zero attached hydrogens (tertiary/aromatic N) is 2. The lowest BCUT2D eigenvalue weighted by atomic mass is 10.3. The molecule has 28 heavy (non-hydrogen) atoms. The van der Waals surface area contributed by atoms with E-state index in [0.717, 1.165) is 25.0 Å². The molecule has 1 aliphatic rings. The molecule has 0 spiro atoms. The van der Waals surface area contributed by atoms with Gasteiger partial charge < -0.3 is 10.0 Å². The summed E-state index contributed by atoms with van der Waals surface area (Å²) in [6.45, 7) is 17.8. The van der Waals surface area contributed by atoms with Gasteiger partial charge in [0.05, 0.1) is 11.8 Å². The highest BCUT2D eigenvalue weighted by atomic mass is 16.6. The Morgan fingerprint density at radius 3 is 1.89 bits per heavy atom. The van der Waals surface area contributed by atoms with Crippen LogP contribution in [-0.4, -0.2) is 23.8 Å². The van der Waals surface area contributed by atoms with E-state index in [0.29, 0.717) is 0 Å². The molecule has 1 rings (SSSR count). The van der Waals surface area contributed by atoms with Crippen molar-refractivity contribution in [2.45, 2.75) is 34.1 Å². The van der Waals surface area contributed by atoms with Crippen LogP contribution in [0.5, 0.6) is 0 Å². The molecule has 3 N–H and O–H groups in total. The summed E-state index contributed by atoms with van der Waals surface area (Å²) >= 11 is 0. The summed E-state index contributed by atoms with van der Waals surface area (Å²) in [6, 6.07) is 2.53. The Morgan fingerprint density at radius 2 is 1.71 bits per heavy atom. The summed E-state index contributed by atoms with van der Waals surface area (Å²) in [7, 11) is 3.19. The third kappa shape index (κ3) is 56.9. The van der Waals surface area contributed by atoms with Crippen LogP contribution < -0.4 is 5.90 Å². The van der Waals surface area contributed by atoms with Crippen molar-refractivity contribution in [1.82, 2.24) is 0 Å². The maximum atomic E-state index is 9.32. The van der Waals surface area contributed by atoms with Gasteiger partial charge in [-0.3, -0.25) is 4.79 Å². The van der Waals surface area contributed by atoms with Gasteiger partial charge in [0.25, 0.3) is 0 Å². The van der Waals surface area contributed by atoms with Crippen LogP contribution in [0.15, 0.2) is 79.6 Å². The molecule has 0 aromatic rings. The molecule has 6 heteroatoms. The lowest BCUT2D eigenvalue weighted by Crippen LogP contribution is -1.85. The minimum absolute atomic E-state index is 0.750. The molecule has 0 amide bonds. The minimum Gasteiger partial charge on any atom is -0.395 e. The fourth-order valence-corrected chi connectivity index (χ4v) is 0.972. The van der Waals surface area contributed by atoms with Gasteiger partial charge in [-0.25, -0.2) is 10.7 Å². The molecule has 0 atom stereocenters. The largest absolute Gasteiger partial charge is 0.395 e. The zero-order valence-electron chi connectivity index (χ0n) is 17.8. The maximum Gasteiger partial charge on any atom is 0.142 e. The summed E-state index contributed by atoms with van der Waals surface area (Å²) in [6.07, 6.45) is 17.9. The normalized spacial score (nSPS) is 10.6. The molecule has 0 fully saturated rings. The molecule has 0 saturated heterocycles. The standard InChI is InChI=1S/C6H9NO.C5H7N.C5H8.C4H6O.C2H4.H3NO/c1-2-3-6-4-5-8-7-6;1-3-4-5-6-2;1-3-5-4-2;1-2-3-4-5;2*1-2/h2-3H,4-5H2,1H3;3-4H,2H2,1H3;3-5H,1H2,2H3;2-4H,1H3;1-2H2;2H,1H2. The molecule has 0 saturated carbocycles. The summed E-state index contributed by atoms with van der Waals surface area (Å²) < 4.78 is 0. The first-order valence-corrected chi connectivity index (χ1v) is 8.38. The summed E-state index contributed by atoms with van der Waals surface area (Å²) in [5.74, 6) is 3.50. The van der Waals surface area contributed by atoms with E-state index in [9.17, 15) is 4.79 Å². The lowest BCUT2D eigenvalue weighted by molar-refractivity contribution is -0.104. The van der Waals surface area contributed by atoms with E-state index in [1.54, 1.807) is 25.2 Å². The van der Waals surface area contributed by atoms with Crippen LogP contribution in [0, 0.1) is 13.1 Å². The van der Waals surface area contributed by atoms with Crippen molar-refractivity contribution in [3.05, 3.63) is 86.3 Å². The van der Waals surface area contributed by atoms with Crippen molar-refractivity contribution in [3.8, 4) is 6.07 Å². The molecule has 0 aromatic heterocycles. The highest BCUT2D eigenvalue weighted by Gasteiger charge is 2.01. The number of carbonyl (C=O) groups excluding carboxylic acids is 1. The van der Waals surface area contributed by atoms with Crippen LogP contribution in [-0.2, 0) is 9.63 Å². The number of nitrogens with two attached hydrogens (primary N) is 1. The van der Waals surface area contributed by atoms with Gasteiger partial charge in [0, 0.05) is 6.42 Å². The number of aldehydes is 1. The predicted octanol–water partition coefficient (Wildman–Crippen LogP) is 5.67. The minimum atomic E-state index is 0.750. The number of allylic oxidation sites excluding steroid dienone is 9. The highest BCUT2D eigenvalue weighted by Crippen LogP contribution is 1.99. The van der Waals surface area contributed by atoms with Gasteiger partial charge in [0.1, 0.15) is 19.9 Å². The zero-order chi connectivity index (χ0) is 22.9. The Kier molecular flexibility index (Phi) is 63.5. The van der Waals surface area contributed by atoms with Crippen molar-refractivity contribution >= 4 is 12.0 Å². The van der Waals surface area contributed by atoms with Crippen molar-refractivity contribution in [2.75, 3.05) is 6.61 Å². The molecule has 0 aliphatic carbocycles. The van der Waals surface area contributed by atoms with Crippen LogP contribution in [0.2, 0.25) is 0 Å². The predicted molar refractivity (Wildman–Crippen MR) is 123 cm³/mol. The Morgan fingerprint density at radius 1 is 1.14 bits per heavy atom. The van der Waals surface area contributed by atoms with Crippen molar-refractivity contribution in [2.24, 2.45) is 11.1 Å². The fraction of sp³-hybridized carbons (Fsp3) is 0.273. The van der Waals surface area contributed by atoms with Gasteiger partial charge >= 0.3 is 0 Å². The number of oxime groups is 1. The third-order valence-electron chi connectivity index (χ3n) is 1.92. The number of hydrogen-bond acceptors (Lipinski definition) is 5. The first-order chi connectivity index (χ1) is 13.7. The molecule has 1 aliphatic heterocycles. The molecule has 0 aromatic carbocycles. The maximum absolute atomic E-state index is 9.32. The zero-order valence-corrected chi connectivity index (χ0v) is 17.8. The summed E-state index contributed by atoms with van der Waals surface area (Å²) in [5, 5.41) is 10.3. The highest BCUT2D eigenvalue weighted by molar-refractivity contribution is 5.95. The van der Waals surface area contributed by atoms with Crippen LogP contribution >= 0.6 is 0 Å². The number of hydrogen-bond donors (Lipinski definition) is 2. The Labute approximate surface area is 171 Å². The quantitative estimate of drug-likeness (QED) is 0.123. The van der Waals surface area contributed by atoms with E-state index < -0.39 is 0 Å². The molecule has 158 valence electrons. The fourth-order valence-electron chi connectivity index (χ4n) is 0.972. The molecule has 0 bridgehead atoms. The lowest BCUT2D eigenvalue weighted by Gasteiger charge is -1.77.